The van der Waals surface area contributed by atoms with E-state index >= 15 is 0 Å². The van der Waals surface area contributed by atoms with Crippen molar-refractivity contribution in [3.8, 4) is 11.5 Å². The lowest BCUT2D eigenvalue weighted by atomic mass is 9.98. The van der Waals surface area contributed by atoms with E-state index in [0.717, 1.165) is 35.7 Å². The molecule has 21 heavy (non-hydrogen) atoms. The molecular weight excluding hydrogens is 286 g/mol. The molecule has 0 saturated carbocycles. The standard InChI is InChI=1S/C17H28ClNO2/c1-12(2)19-9-8-13(3)6-7-14-10-16(20-4)17(21-5)11-15(14)18/h10-13,19H,6-9H2,1-5H3. The second-order valence-corrected chi connectivity index (χ2v) is 6.25. The van der Waals surface area contributed by atoms with Crippen molar-refractivity contribution >= 4 is 11.6 Å². The molecule has 0 bridgehead atoms. The number of rotatable bonds is 9. The van der Waals surface area contributed by atoms with Crippen LogP contribution in [0, 0.1) is 5.92 Å². The molecule has 1 aromatic carbocycles. The molecule has 0 fully saturated rings. The first-order chi connectivity index (χ1) is 9.97. The molecule has 120 valence electrons. The molecule has 0 amide bonds. The van der Waals surface area contributed by atoms with Crippen LogP contribution in [0.5, 0.6) is 11.5 Å². The summed E-state index contributed by atoms with van der Waals surface area (Å²) in [6, 6.07) is 4.37. The zero-order valence-corrected chi connectivity index (χ0v) is 14.6. The highest BCUT2D eigenvalue weighted by Crippen LogP contribution is 2.34. The number of hydrogen-bond donors (Lipinski definition) is 1. The molecular formula is C17H28ClNO2. The second kappa shape index (κ2) is 9.16. The van der Waals surface area contributed by atoms with Gasteiger partial charge in [0.15, 0.2) is 11.5 Å². The minimum absolute atomic E-state index is 0.553. The zero-order chi connectivity index (χ0) is 15.8. The fourth-order valence-corrected chi connectivity index (χ4v) is 2.50. The number of ether oxygens (including phenoxy) is 2. The molecule has 0 aromatic heterocycles. The normalized spacial score (nSPS) is 12.5. The van der Waals surface area contributed by atoms with Crippen LogP contribution in [0.2, 0.25) is 5.02 Å². The van der Waals surface area contributed by atoms with Gasteiger partial charge in [-0.2, -0.15) is 0 Å². The molecule has 0 radical (unpaired) electrons. The van der Waals surface area contributed by atoms with Crippen molar-refractivity contribution in [3.63, 3.8) is 0 Å². The van der Waals surface area contributed by atoms with Crippen molar-refractivity contribution in [1.29, 1.82) is 0 Å². The highest BCUT2D eigenvalue weighted by Gasteiger charge is 2.11. The van der Waals surface area contributed by atoms with Crippen LogP contribution in [0.3, 0.4) is 0 Å². The van der Waals surface area contributed by atoms with E-state index in [1.807, 2.05) is 12.1 Å². The van der Waals surface area contributed by atoms with Crippen molar-refractivity contribution < 1.29 is 9.47 Å². The Kier molecular flexibility index (Phi) is 7.91. The third kappa shape index (κ3) is 6.15. The Balaban J connectivity index is 2.54. The Morgan fingerprint density at radius 1 is 1.05 bits per heavy atom. The molecule has 1 rings (SSSR count). The minimum Gasteiger partial charge on any atom is -0.493 e. The highest BCUT2D eigenvalue weighted by molar-refractivity contribution is 6.31. The quantitative estimate of drug-likeness (QED) is 0.736. The van der Waals surface area contributed by atoms with Gasteiger partial charge in [-0.1, -0.05) is 32.4 Å². The van der Waals surface area contributed by atoms with Crippen LogP contribution in [0.4, 0.5) is 0 Å². The Morgan fingerprint density at radius 3 is 2.24 bits per heavy atom. The van der Waals surface area contributed by atoms with Crippen LogP contribution >= 0.6 is 11.6 Å². The van der Waals surface area contributed by atoms with Gasteiger partial charge in [-0.15, -0.1) is 0 Å². The summed E-state index contributed by atoms with van der Waals surface area (Å²) in [5, 5.41) is 4.21. The van der Waals surface area contributed by atoms with Crippen LogP contribution in [0.25, 0.3) is 0 Å². The lowest BCUT2D eigenvalue weighted by Gasteiger charge is -2.15. The maximum absolute atomic E-state index is 6.32. The fourth-order valence-electron chi connectivity index (χ4n) is 2.25. The Morgan fingerprint density at radius 2 is 1.67 bits per heavy atom. The predicted molar refractivity (Wildman–Crippen MR) is 89.8 cm³/mol. The Labute approximate surface area is 134 Å². The molecule has 0 spiro atoms. The van der Waals surface area contributed by atoms with Crippen LogP contribution < -0.4 is 14.8 Å². The number of benzene rings is 1. The molecule has 1 atom stereocenters. The average molecular weight is 314 g/mol. The summed E-state index contributed by atoms with van der Waals surface area (Å²) in [7, 11) is 3.27. The van der Waals surface area contributed by atoms with Crippen molar-refractivity contribution in [1.82, 2.24) is 5.32 Å². The summed E-state index contributed by atoms with van der Waals surface area (Å²) in [6.45, 7) is 7.71. The molecule has 0 saturated heterocycles. The maximum atomic E-state index is 6.32. The maximum Gasteiger partial charge on any atom is 0.162 e. The number of aryl methyl sites for hydroxylation is 1. The monoisotopic (exact) mass is 313 g/mol. The van der Waals surface area contributed by atoms with Crippen LogP contribution in [0.1, 0.15) is 39.2 Å². The summed E-state index contributed by atoms with van der Waals surface area (Å²) < 4.78 is 10.6. The van der Waals surface area contributed by atoms with E-state index in [1.54, 1.807) is 14.2 Å². The largest absolute Gasteiger partial charge is 0.493 e. The molecule has 3 nitrogen and oxygen atoms in total. The SMILES string of the molecule is COc1cc(Cl)c(CCC(C)CCNC(C)C)cc1OC. The number of methoxy groups -OCH3 is 2. The van der Waals surface area contributed by atoms with Gasteiger partial charge in [-0.05, 0) is 43.4 Å². The lowest BCUT2D eigenvalue weighted by Crippen LogP contribution is -2.25. The molecule has 0 aliphatic rings. The third-order valence-corrected chi connectivity index (χ3v) is 4.00. The smallest absolute Gasteiger partial charge is 0.162 e. The van der Waals surface area contributed by atoms with E-state index in [-0.39, 0.29) is 0 Å². The van der Waals surface area contributed by atoms with Gasteiger partial charge in [-0.3, -0.25) is 0 Å². The zero-order valence-electron chi connectivity index (χ0n) is 13.8. The molecule has 0 aliphatic carbocycles. The molecule has 0 heterocycles. The fraction of sp³-hybridized carbons (Fsp3) is 0.647. The minimum atomic E-state index is 0.553. The lowest BCUT2D eigenvalue weighted by molar-refractivity contribution is 0.354. The first kappa shape index (κ1) is 18.1. The summed E-state index contributed by atoms with van der Waals surface area (Å²) in [4.78, 5) is 0. The molecule has 1 N–H and O–H groups in total. The van der Waals surface area contributed by atoms with Gasteiger partial charge in [0, 0.05) is 17.1 Å². The molecule has 4 heteroatoms. The van der Waals surface area contributed by atoms with E-state index in [2.05, 4.69) is 26.1 Å². The summed E-state index contributed by atoms with van der Waals surface area (Å²) in [5.41, 5.74) is 1.12. The summed E-state index contributed by atoms with van der Waals surface area (Å²) >= 11 is 6.32. The number of halogens is 1. The first-order valence-electron chi connectivity index (χ1n) is 7.61. The van der Waals surface area contributed by atoms with Gasteiger partial charge < -0.3 is 14.8 Å². The van der Waals surface area contributed by atoms with E-state index in [0.29, 0.717) is 17.7 Å². The van der Waals surface area contributed by atoms with Gasteiger partial charge >= 0.3 is 0 Å². The van der Waals surface area contributed by atoms with E-state index in [1.165, 1.54) is 6.42 Å². The van der Waals surface area contributed by atoms with Gasteiger partial charge in [0.05, 0.1) is 14.2 Å². The highest BCUT2D eigenvalue weighted by atomic mass is 35.5. The predicted octanol–water partition coefficient (Wildman–Crippen LogP) is 4.31. The second-order valence-electron chi connectivity index (χ2n) is 5.84. The van der Waals surface area contributed by atoms with Crippen LogP contribution in [0.15, 0.2) is 12.1 Å². The topological polar surface area (TPSA) is 30.5 Å². The molecule has 1 aromatic rings. The third-order valence-electron chi connectivity index (χ3n) is 3.65. The van der Waals surface area contributed by atoms with Crippen molar-refractivity contribution in [2.75, 3.05) is 20.8 Å². The Hall–Kier alpha value is -0.930. The first-order valence-corrected chi connectivity index (χ1v) is 7.99. The van der Waals surface area contributed by atoms with E-state index in [4.69, 9.17) is 21.1 Å². The van der Waals surface area contributed by atoms with Gasteiger partial charge in [0.1, 0.15) is 0 Å². The van der Waals surface area contributed by atoms with Crippen molar-refractivity contribution in [3.05, 3.63) is 22.7 Å². The van der Waals surface area contributed by atoms with Crippen molar-refractivity contribution in [2.24, 2.45) is 5.92 Å². The van der Waals surface area contributed by atoms with Gasteiger partial charge in [0.2, 0.25) is 0 Å². The molecule has 0 aliphatic heterocycles. The average Bonchev–Trinajstić information content (AvgIpc) is 2.45. The van der Waals surface area contributed by atoms with E-state index in [9.17, 15) is 0 Å². The van der Waals surface area contributed by atoms with Crippen LogP contribution in [-0.4, -0.2) is 26.8 Å². The number of hydrogen-bond acceptors (Lipinski definition) is 3. The number of nitrogens with one attached hydrogen (secondary N) is 1. The van der Waals surface area contributed by atoms with Gasteiger partial charge in [-0.25, -0.2) is 0 Å². The van der Waals surface area contributed by atoms with Crippen molar-refractivity contribution in [2.45, 2.75) is 46.1 Å². The summed E-state index contributed by atoms with van der Waals surface area (Å²) in [5.74, 6) is 2.09. The van der Waals surface area contributed by atoms with Gasteiger partial charge in [0.25, 0.3) is 0 Å². The summed E-state index contributed by atoms with van der Waals surface area (Å²) in [6.07, 6.45) is 3.26. The van der Waals surface area contributed by atoms with Crippen LogP contribution in [-0.2, 0) is 6.42 Å². The molecule has 1 unspecified atom stereocenters. The Bertz CT molecular complexity index is 435. The van der Waals surface area contributed by atoms with E-state index < -0.39 is 0 Å².